The van der Waals surface area contributed by atoms with Gasteiger partial charge in [0.15, 0.2) is 11.5 Å². The van der Waals surface area contributed by atoms with Crippen molar-refractivity contribution in [1.82, 2.24) is 4.90 Å². The molecule has 6 aliphatic rings. The molecule has 0 N–H and O–H groups in total. The van der Waals surface area contributed by atoms with Gasteiger partial charge in [-0.25, -0.2) is 0 Å². The molecule has 0 unspecified atom stereocenters. The lowest BCUT2D eigenvalue weighted by molar-refractivity contribution is -0.151. The van der Waals surface area contributed by atoms with Crippen LogP contribution < -0.4 is 9.64 Å². The van der Waals surface area contributed by atoms with Gasteiger partial charge in [-0.1, -0.05) is 120 Å². The smallest absolute Gasteiger partial charge is 0.307 e. The van der Waals surface area contributed by atoms with Gasteiger partial charge in [-0.3, -0.25) is 19.3 Å². The second-order valence-electron chi connectivity index (χ2n) is 22.0. The van der Waals surface area contributed by atoms with Crippen LogP contribution in [0.3, 0.4) is 0 Å². The van der Waals surface area contributed by atoms with E-state index in [0.717, 1.165) is 100 Å². The van der Waals surface area contributed by atoms with Crippen LogP contribution in [-0.4, -0.2) is 35.3 Å². The third-order valence-corrected chi connectivity index (χ3v) is 18.0. The van der Waals surface area contributed by atoms with E-state index < -0.39 is 0 Å². The third-order valence-electron chi connectivity index (χ3n) is 18.0. The normalized spacial score (nSPS) is 27.6. The zero-order valence-corrected chi connectivity index (χ0v) is 40.1. The van der Waals surface area contributed by atoms with E-state index in [-0.39, 0.29) is 42.3 Å². The summed E-state index contributed by atoms with van der Waals surface area (Å²) in [5.74, 6) is 5.21. The number of para-hydroxylation sites is 4. The molecule has 2 amide bonds. The topological polar surface area (TPSA) is 76.2 Å². The first-order chi connectivity index (χ1) is 32.4. The summed E-state index contributed by atoms with van der Waals surface area (Å²) < 4.78 is 12.4. The zero-order valence-electron chi connectivity index (χ0n) is 40.1. The highest BCUT2D eigenvalue weighted by Crippen LogP contribution is 2.67. The first-order valence-corrected chi connectivity index (χ1v) is 25.5. The van der Waals surface area contributed by atoms with Gasteiger partial charge < -0.3 is 14.4 Å². The number of imide groups is 1. The molecule has 3 fully saturated rings. The number of allylic oxidation sites excluding steroid dienone is 1. The molecule has 67 heavy (non-hydrogen) atoms. The zero-order chi connectivity index (χ0) is 46.2. The van der Waals surface area contributed by atoms with Crippen LogP contribution in [0.4, 0.5) is 17.1 Å². The Morgan fingerprint density at radius 2 is 1.45 bits per heavy atom. The molecule has 2 heterocycles. The molecule has 2 aliphatic heterocycles. The molecule has 8 atom stereocenters. The van der Waals surface area contributed by atoms with Crippen LogP contribution in [0, 0.1) is 46.3 Å². The molecule has 7 nitrogen and oxygen atoms in total. The molecule has 7 heteroatoms. The van der Waals surface area contributed by atoms with Gasteiger partial charge in [-0.05, 0) is 156 Å². The minimum Gasteiger partial charge on any atom is -0.462 e. The van der Waals surface area contributed by atoms with Crippen LogP contribution in [0.5, 0.6) is 11.5 Å². The average Bonchev–Trinajstić information content (AvgIpc) is 3.69. The van der Waals surface area contributed by atoms with Crippen molar-refractivity contribution in [3.8, 4) is 22.6 Å². The maximum atomic E-state index is 14.1. The van der Waals surface area contributed by atoms with E-state index in [0.29, 0.717) is 27.8 Å². The Labute approximate surface area is 396 Å². The number of hydrogen-bond acceptors (Lipinski definition) is 6. The maximum absolute atomic E-state index is 14.1. The van der Waals surface area contributed by atoms with Gasteiger partial charge in [0.1, 0.15) is 6.10 Å². The SMILES string of the molecule is CC(C)CCC[C@@H](C)[C@H]1CC[C@H]2[C@@H]3CC=C4C[C@@H](OC(=O)CCN5C(=O)c6cccc7c(-c8ccc(N9c%10ccccc%10Oc%10ccccc%109)cc8)ccc(c67)C5=O)CC[C@]4(C)[C@H]3CC[C@]12C. The number of fused-ring (bicyclic) bond motifs is 7. The molecule has 0 saturated heterocycles. The quantitative estimate of drug-likeness (QED) is 0.0733. The Hall–Kier alpha value is -5.69. The van der Waals surface area contributed by atoms with Gasteiger partial charge in [0.2, 0.25) is 0 Å². The van der Waals surface area contributed by atoms with Gasteiger partial charge in [-0.2, -0.15) is 0 Å². The molecule has 346 valence electrons. The summed E-state index contributed by atoms with van der Waals surface area (Å²) in [4.78, 5) is 45.3. The van der Waals surface area contributed by atoms with Crippen LogP contribution in [0.2, 0.25) is 0 Å². The fourth-order valence-electron chi connectivity index (χ4n) is 14.6. The fourth-order valence-corrected chi connectivity index (χ4v) is 14.6. The molecule has 0 radical (unpaired) electrons. The van der Waals surface area contributed by atoms with Crippen LogP contribution in [-0.2, 0) is 9.53 Å². The van der Waals surface area contributed by atoms with Crippen molar-refractivity contribution in [2.24, 2.45) is 46.3 Å². The average molecular weight is 895 g/mol. The molecular weight excluding hydrogens is 829 g/mol. The Bertz CT molecular complexity index is 2720. The van der Waals surface area contributed by atoms with Crippen molar-refractivity contribution in [2.45, 2.75) is 118 Å². The van der Waals surface area contributed by atoms with Crippen molar-refractivity contribution < 1.29 is 23.9 Å². The molecule has 5 aromatic rings. The second kappa shape index (κ2) is 17.1. The maximum Gasteiger partial charge on any atom is 0.307 e. The van der Waals surface area contributed by atoms with E-state index in [1.54, 1.807) is 6.07 Å². The molecule has 0 bridgehead atoms. The minimum atomic E-state index is -0.374. The molecular formula is C60H66N2O5. The van der Waals surface area contributed by atoms with Gasteiger partial charge in [0.25, 0.3) is 11.8 Å². The Morgan fingerprint density at radius 1 is 0.746 bits per heavy atom. The first kappa shape index (κ1) is 43.9. The fraction of sp³-hybridized carbons (Fsp3) is 0.450. The van der Waals surface area contributed by atoms with Gasteiger partial charge in [-0.15, -0.1) is 0 Å². The Balaban J connectivity index is 0.741. The predicted molar refractivity (Wildman–Crippen MR) is 267 cm³/mol. The highest BCUT2D eigenvalue weighted by molar-refractivity contribution is 6.27. The van der Waals surface area contributed by atoms with Gasteiger partial charge in [0, 0.05) is 35.2 Å². The number of carbonyl (C=O) groups excluding carboxylic acids is 3. The number of rotatable bonds is 11. The number of ether oxygens (including phenoxy) is 2. The van der Waals surface area contributed by atoms with Gasteiger partial charge in [0.05, 0.1) is 17.8 Å². The highest BCUT2D eigenvalue weighted by atomic mass is 16.5. The Morgan fingerprint density at radius 3 is 2.18 bits per heavy atom. The van der Waals surface area contributed by atoms with E-state index >= 15 is 0 Å². The number of benzene rings is 5. The number of hydrogen-bond donors (Lipinski definition) is 0. The molecule has 4 aliphatic carbocycles. The monoisotopic (exact) mass is 894 g/mol. The second-order valence-corrected chi connectivity index (χ2v) is 22.0. The van der Waals surface area contributed by atoms with Crippen LogP contribution in [0.15, 0.2) is 115 Å². The van der Waals surface area contributed by atoms with E-state index in [9.17, 15) is 14.4 Å². The minimum absolute atomic E-state index is 0.0162. The number of esters is 1. The number of amides is 2. The van der Waals surface area contributed by atoms with E-state index in [2.05, 4.69) is 82.0 Å². The first-order valence-electron chi connectivity index (χ1n) is 25.5. The molecule has 5 aromatic carbocycles. The lowest BCUT2D eigenvalue weighted by atomic mass is 9.47. The lowest BCUT2D eigenvalue weighted by Crippen LogP contribution is -2.51. The van der Waals surface area contributed by atoms with Crippen LogP contribution in [0.1, 0.15) is 132 Å². The molecule has 0 spiro atoms. The summed E-state index contributed by atoms with van der Waals surface area (Å²) >= 11 is 0. The summed E-state index contributed by atoms with van der Waals surface area (Å²) in [5, 5.41) is 1.50. The highest BCUT2D eigenvalue weighted by Gasteiger charge is 2.59. The van der Waals surface area contributed by atoms with Crippen molar-refractivity contribution in [3.05, 3.63) is 126 Å². The third kappa shape index (κ3) is 7.41. The number of carbonyl (C=O) groups is 3. The summed E-state index contributed by atoms with van der Waals surface area (Å²) in [7, 11) is 0. The van der Waals surface area contributed by atoms with Gasteiger partial charge >= 0.3 is 5.97 Å². The number of nitrogens with zero attached hydrogens (tertiary/aromatic N) is 2. The molecule has 11 rings (SSSR count). The Kier molecular flexibility index (Phi) is 11.2. The standard InChI is InChI=1S/C60H66N2O5/c1-37(2)12-10-13-38(3)48-28-29-49-45-25-22-40-36-42(30-33-59(40,4)50(45)31-34-60(48,49)5)66-55(63)32-35-61-57(64)46-15-11-14-44-43(26-27-47(56(44)46)58(61)65)39-20-23-41(24-21-39)62-51-16-6-8-18-53(51)67-54-19-9-7-17-52(54)62/h6-9,11,14-24,26-27,37-38,42,45,48-50H,10,12-13,25,28-36H2,1-5H3/t38-,42+,45+,48-,49+,50+,59+,60-/m1/s1. The van der Waals surface area contributed by atoms with Crippen molar-refractivity contribution in [3.63, 3.8) is 0 Å². The summed E-state index contributed by atoms with van der Waals surface area (Å²) in [6.45, 7) is 12.4. The van der Waals surface area contributed by atoms with Crippen molar-refractivity contribution in [1.29, 1.82) is 0 Å². The largest absolute Gasteiger partial charge is 0.462 e. The number of anilines is 3. The van der Waals surface area contributed by atoms with Crippen LogP contribution in [0.25, 0.3) is 21.9 Å². The van der Waals surface area contributed by atoms with Crippen LogP contribution >= 0.6 is 0 Å². The summed E-state index contributed by atoms with van der Waals surface area (Å²) in [5.41, 5.74) is 7.89. The van der Waals surface area contributed by atoms with Crippen molar-refractivity contribution in [2.75, 3.05) is 11.4 Å². The predicted octanol–water partition coefficient (Wildman–Crippen LogP) is 15.0. The summed E-state index contributed by atoms with van der Waals surface area (Å²) in [6, 6.07) is 33.9. The van der Waals surface area contributed by atoms with E-state index in [1.807, 2.05) is 60.7 Å². The van der Waals surface area contributed by atoms with E-state index in [4.69, 9.17) is 9.47 Å². The molecule has 3 saturated carbocycles. The van der Waals surface area contributed by atoms with E-state index in [1.165, 1.54) is 55.4 Å². The summed E-state index contributed by atoms with van der Waals surface area (Å²) in [6.07, 6.45) is 15.7. The molecule has 0 aromatic heterocycles. The lowest BCUT2D eigenvalue weighted by Gasteiger charge is -2.58. The van der Waals surface area contributed by atoms with Crippen molar-refractivity contribution >= 4 is 45.6 Å².